The van der Waals surface area contributed by atoms with E-state index in [0.717, 1.165) is 34.2 Å². The van der Waals surface area contributed by atoms with Crippen LogP contribution in [0.4, 0.5) is 22.7 Å². The number of rotatable bonds is 4. The van der Waals surface area contributed by atoms with Crippen molar-refractivity contribution in [1.29, 1.82) is 0 Å². The maximum atomic E-state index is 4.82. The third kappa shape index (κ3) is 3.64. The van der Waals surface area contributed by atoms with Crippen molar-refractivity contribution in [2.45, 2.75) is 39.8 Å². The highest BCUT2D eigenvalue weighted by Crippen LogP contribution is 2.62. The molecule has 6 heteroatoms. The summed E-state index contributed by atoms with van der Waals surface area (Å²) in [4.78, 5) is 5.05. The van der Waals surface area contributed by atoms with E-state index >= 15 is 0 Å². The maximum Gasteiger partial charge on any atom is 0.0862 e. The Morgan fingerprint density at radius 2 is 0.857 bits per heavy atom. The first-order valence-corrected chi connectivity index (χ1v) is 14.5. The summed E-state index contributed by atoms with van der Waals surface area (Å²) >= 11 is 0. The van der Waals surface area contributed by atoms with Crippen molar-refractivity contribution in [2.24, 2.45) is 0 Å². The summed E-state index contributed by atoms with van der Waals surface area (Å²) in [7, 11) is 0. The van der Waals surface area contributed by atoms with Crippen LogP contribution in [0.25, 0.3) is 11.4 Å². The summed E-state index contributed by atoms with van der Waals surface area (Å²) < 4.78 is 4.12. The molecule has 0 N–H and O–H groups in total. The van der Waals surface area contributed by atoms with Gasteiger partial charge in [-0.05, 0) is 100 Å². The lowest BCUT2D eigenvalue weighted by Gasteiger charge is -2.29. The van der Waals surface area contributed by atoms with Gasteiger partial charge in [-0.3, -0.25) is 0 Å². The standard InChI is InChI=1S/C36H32N6/c1-23-19-25(3)41(37-23)29-15-17-33-31(21-29)35-36(39(33)27-11-7-5-8-12-27)32-22-30(42-26(4)20-24(2)38-42)16-18-34(32)40(35)28-13-9-6-10-14-28/h5-22,35-36H,1-4H3. The Balaban J connectivity index is 1.38. The van der Waals surface area contributed by atoms with Crippen molar-refractivity contribution in [3.63, 3.8) is 0 Å². The van der Waals surface area contributed by atoms with Crippen LogP contribution in [-0.2, 0) is 0 Å². The molecule has 2 unspecified atom stereocenters. The summed E-state index contributed by atoms with van der Waals surface area (Å²) in [5.41, 5.74) is 13.9. The molecule has 4 aromatic carbocycles. The van der Waals surface area contributed by atoms with Gasteiger partial charge in [-0.25, -0.2) is 9.36 Å². The van der Waals surface area contributed by atoms with Crippen LogP contribution >= 0.6 is 0 Å². The maximum absolute atomic E-state index is 4.82. The van der Waals surface area contributed by atoms with Crippen molar-refractivity contribution in [2.75, 3.05) is 9.80 Å². The molecule has 0 aliphatic carbocycles. The number of aryl methyl sites for hydroxylation is 4. The molecule has 0 saturated heterocycles. The minimum Gasteiger partial charge on any atom is -0.331 e. The Morgan fingerprint density at radius 3 is 1.21 bits per heavy atom. The summed E-state index contributed by atoms with van der Waals surface area (Å²) in [5, 5.41) is 9.64. The normalized spacial score (nSPS) is 17.0. The van der Waals surface area contributed by atoms with E-state index in [1.54, 1.807) is 0 Å². The van der Waals surface area contributed by atoms with E-state index in [2.05, 4.69) is 156 Å². The highest BCUT2D eigenvalue weighted by molar-refractivity contribution is 5.85. The molecular formula is C36H32N6. The molecule has 0 radical (unpaired) electrons. The van der Waals surface area contributed by atoms with Crippen LogP contribution in [0.1, 0.15) is 46.0 Å². The molecule has 206 valence electrons. The molecule has 6 aromatic rings. The number of aromatic nitrogens is 4. The molecular weight excluding hydrogens is 516 g/mol. The van der Waals surface area contributed by atoms with Crippen LogP contribution in [0.3, 0.4) is 0 Å². The number of fused-ring (bicyclic) bond motifs is 5. The van der Waals surface area contributed by atoms with Crippen LogP contribution in [0, 0.1) is 27.7 Å². The van der Waals surface area contributed by atoms with Gasteiger partial charge in [0.1, 0.15) is 0 Å². The largest absolute Gasteiger partial charge is 0.331 e. The lowest BCUT2D eigenvalue weighted by Crippen LogP contribution is -2.24. The molecule has 0 saturated carbocycles. The second-order valence-corrected chi connectivity index (χ2v) is 11.5. The van der Waals surface area contributed by atoms with Gasteiger partial charge in [-0.2, -0.15) is 10.2 Å². The van der Waals surface area contributed by atoms with Crippen LogP contribution in [-0.4, -0.2) is 19.6 Å². The third-order valence-electron chi connectivity index (χ3n) is 8.61. The fraction of sp³-hybridized carbons (Fsp3) is 0.167. The SMILES string of the molecule is Cc1cc(C)n(-c2ccc3c(c2)C2C(c4cc(-n5nc(C)cc5C)ccc4N2c2ccccc2)N3c2ccccc2)n1. The number of hydrogen-bond donors (Lipinski definition) is 0. The number of nitrogens with zero attached hydrogens (tertiary/aromatic N) is 6. The number of hydrogen-bond acceptors (Lipinski definition) is 4. The minimum atomic E-state index is 0.0743. The summed E-state index contributed by atoms with van der Waals surface area (Å²) in [5.74, 6) is 0. The first-order valence-electron chi connectivity index (χ1n) is 14.5. The van der Waals surface area contributed by atoms with Crippen molar-refractivity contribution in [3.05, 3.63) is 143 Å². The molecule has 42 heavy (non-hydrogen) atoms. The van der Waals surface area contributed by atoms with Gasteiger partial charge in [0, 0.05) is 45.3 Å². The third-order valence-corrected chi connectivity index (χ3v) is 8.61. The topological polar surface area (TPSA) is 42.1 Å². The van der Waals surface area contributed by atoms with Gasteiger partial charge >= 0.3 is 0 Å². The van der Waals surface area contributed by atoms with Crippen molar-refractivity contribution >= 4 is 22.7 Å². The number of para-hydroxylation sites is 2. The summed E-state index contributed by atoms with van der Waals surface area (Å²) in [6.07, 6.45) is 0. The Morgan fingerprint density at radius 1 is 0.452 bits per heavy atom. The fourth-order valence-corrected chi connectivity index (χ4v) is 7.02. The second kappa shape index (κ2) is 9.21. The van der Waals surface area contributed by atoms with Gasteiger partial charge in [0.15, 0.2) is 0 Å². The van der Waals surface area contributed by atoms with Gasteiger partial charge in [0.05, 0.1) is 34.8 Å². The highest BCUT2D eigenvalue weighted by atomic mass is 15.3. The number of anilines is 4. The van der Waals surface area contributed by atoms with Crippen LogP contribution in [0.5, 0.6) is 0 Å². The van der Waals surface area contributed by atoms with Gasteiger partial charge in [0.25, 0.3) is 0 Å². The summed E-state index contributed by atoms with van der Waals surface area (Å²) in [6.45, 7) is 8.34. The van der Waals surface area contributed by atoms with Crippen molar-refractivity contribution in [1.82, 2.24) is 19.6 Å². The van der Waals surface area contributed by atoms with Gasteiger partial charge in [-0.15, -0.1) is 0 Å². The lowest BCUT2D eigenvalue weighted by atomic mass is 9.99. The number of benzene rings is 4. The van der Waals surface area contributed by atoms with E-state index in [9.17, 15) is 0 Å². The van der Waals surface area contributed by atoms with E-state index < -0.39 is 0 Å². The average Bonchev–Trinajstić information content (AvgIpc) is 3.72. The average molecular weight is 549 g/mol. The van der Waals surface area contributed by atoms with Crippen molar-refractivity contribution < 1.29 is 0 Å². The van der Waals surface area contributed by atoms with E-state index in [1.807, 2.05) is 0 Å². The molecule has 2 atom stereocenters. The van der Waals surface area contributed by atoms with Crippen LogP contribution < -0.4 is 9.80 Å². The Hall–Kier alpha value is -5.10. The predicted molar refractivity (Wildman–Crippen MR) is 169 cm³/mol. The molecule has 0 fully saturated rings. The van der Waals surface area contributed by atoms with Gasteiger partial charge in [-0.1, -0.05) is 36.4 Å². The van der Waals surface area contributed by atoms with Crippen LogP contribution in [0.15, 0.2) is 109 Å². The van der Waals surface area contributed by atoms with E-state index in [1.165, 1.54) is 33.9 Å². The van der Waals surface area contributed by atoms with Crippen molar-refractivity contribution in [3.8, 4) is 11.4 Å². The zero-order valence-electron chi connectivity index (χ0n) is 24.2. The molecule has 2 aliphatic heterocycles. The van der Waals surface area contributed by atoms with E-state index in [4.69, 9.17) is 10.2 Å². The predicted octanol–water partition coefficient (Wildman–Crippen LogP) is 8.38. The summed E-state index contributed by atoms with van der Waals surface area (Å²) in [6, 6.07) is 39.6. The van der Waals surface area contributed by atoms with E-state index in [0.29, 0.717) is 0 Å². The zero-order valence-corrected chi connectivity index (χ0v) is 24.2. The molecule has 2 aromatic heterocycles. The van der Waals surface area contributed by atoms with Gasteiger partial charge < -0.3 is 9.80 Å². The Kier molecular flexibility index (Phi) is 5.41. The van der Waals surface area contributed by atoms with E-state index in [-0.39, 0.29) is 12.1 Å². The first-order chi connectivity index (χ1) is 20.5. The minimum absolute atomic E-state index is 0.0743. The molecule has 8 rings (SSSR count). The molecule has 0 spiro atoms. The molecule has 0 bridgehead atoms. The molecule has 0 amide bonds. The lowest BCUT2D eigenvalue weighted by molar-refractivity contribution is 0.633. The quantitative estimate of drug-likeness (QED) is 0.222. The molecule has 2 aliphatic rings. The zero-order chi connectivity index (χ0) is 28.5. The Bertz CT molecular complexity index is 1810. The second-order valence-electron chi connectivity index (χ2n) is 11.5. The van der Waals surface area contributed by atoms with Gasteiger partial charge in [0.2, 0.25) is 0 Å². The van der Waals surface area contributed by atoms with Crippen LogP contribution in [0.2, 0.25) is 0 Å². The Labute approximate surface area is 246 Å². The monoisotopic (exact) mass is 548 g/mol. The smallest absolute Gasteiger partial charge is 0.0862 e. The highest BCUT2D eigenvalue weighted by Gasteiger charge is 2.50. The first kappa shape index (κ1) is 24.7. The molecule has 4 heterocycles. The molecule has 6 nitrogen and oxygen atoms in total. The fourth-order valence-electron chi connectivity index (χ4n) is 7.02.